The Morgan fingerprint density at radius 1 is 1.35 bits per heavy atom. The summed E-state index contributed by atoms with van der Waals surface area (Å²) in [5.41, 5.74) is 0. The fraction of sp³-hybridized carbons (Fsp3) is 0.474. The van der Waals surface area contributed by atoms with Crippen LogP contribution in [0.25, 0.3) is 0 Å². The number of imidazole rings is 1. The normalized spacial score (nSPS) is 17.3. The molecule has 140 valence electrons. The van der Waals surface area contributed by atoms with Crippen molar-refractivity contribution in [2.45, 2.75) is 25.3 Å². The van der Waals surface area contributed by atoms with Crippen LogP contribution >= 0.6 is 0 Å². The fourth-order valence-corrected chi connectivity index (χ4v) is 3.24. The lowest BCUT2D eigenvalue weighted by molar-refractivity contribution is -0.134. The Labute approximate surface area is 152 Å². The van der Waals surface area contributed by atoms with E-state index in [9.17, 15) is 9.18 Å². The zero-order valence-electron chi connectivity index (χ0n) is 14.9. The van der Waals surface area contributed by atoms with Gasteiger partial charge in [0.1, 0.15) is 17.4 Å². The number of benzene rings is 1. The number of carbonyl (C=O) groups is 1. The lowest BCUT2D eigenvalue weighted by atomic mass is 9.97. The molecular weight excluding hydrogens is 337 g/mol. The molecule has 1 aromatic heterocycles. The molecule has 6 nitrogen and oxygen atoms in total. The summed E-state index contributed by atoms with van der Waals surface area (Å²) in [4.78, 5) is 18.8. The van der Waals surface area contributed by atoms with Crippen molar-refractivity contribution in [3.05, 3.63) is 48.3 Å². The number of amides is 1. The van der Waals surface area contributed by atoms with Gasteiger partial charge in [-0.1, -0.05) is 0 Å². The van der Waals surface area contributed by atoms with Crippen molar-refractivity contribution >= 4 is 5.91 Å². The molecule has 0 aliphatic carbocycles. The van der Waals surface area contributed by atoms with E-state index in [1.165, 1.54) is 24.3 Å². The number of nitrogens with zero attached hydrogens (tertiary/aromatic N) is 3. The quantitative estimate of drug-likeness (QED) is 0.760. The molecule has 0 unspecified atom stereocenters. The Kier molecular flexibility index (Phi) is 6.22. The Balaban J connectivity index is 1.56. The SMILES string of the molecule is COCCn1ccnc1[C@H]1CCCN(C(=O)COc2ccc(F)cc2)C1. The van der Waals surface area contributed by atoms with E-state index in [4.69, 9.17) is 9.47 Å². The van der Waals surface area contributed by atoms with Gasteiger partial charge in [0, 0.05) is 45.1 Å². The average molecular weight is 361 g/mol. The van der Waals surface area contributed by atoms with Crippen LogP contribution in [-0.2, 0) is 16.1 Å². The maximum absolute atomic E-state index is 12.9. The van der Waals surface area contributed by atoms with Crippen molar-refractivity contribution in [1.82, 2.24) is 14.5 Å². The molecule has 0 spiro atoms. The van der Waals surface area contributed by atoms with Gasteiger partial charge < -0.3 is 18.9 Å². The molecule has 1 atom stereocenters. The molecule has 0 bridgehead atoms. The summed E-state index contributed by atoms with van der Waals surface area (Å²) in [6.45, 7) is 2.70. The first-order chi connectivity index (χ1) is 12.7. The summed E-state index contributed by atoms with van der Waals surface area (Å²) < 4.78 is 25.6. The van der Waals surface area contributed by atoms with Crippen molar-refractivity contribution < 1.29 is 18.7 Å². The van der Waals surface area contributed by atoms with E-state index in [-0.39, 0.29) is 24.2 Å². The third-order valence-corrected chi connectivity index (χ3v) is 4.60. The van der Waals surface area contributed by atoms with Crippen LogP contribution in [0, 0.1) is 5.82 Å². The molecule has 3 rings (SSSR count). The number of halogens is 1. The van der Waals surface area contributed by atoms with Crippen LogP contribution in [0.3, 0.4) is 0 Å². The number of hydrogen-bond donors (Lipinski definition) is 0. The van der Waals surface area contributed by atoms with Crippen LogP contribution in [0.1, 0.15) is 24.6 Å². The molecule has 2 heterocycles. The summed E-state index contributed by atoms with van der Waals surface area (Å²) >= 11 is 0. The van der Waals surface area contributed by atoms with Crippen LogP contribution in [0.4, 0.5) is 4.39 Å². The van der Waals surface area contributed by atoms with Crippen molar-refractivity contribution in [3.63, 3.8) is 0 Å². The molecule has 1 fully saturated rings. The number of hydrogen-bond acceptors (Lipinski definition) is 4. The highest BCUT2D eigenvalue weighted by molar-refractivity contribution is 5.78. The first-order valence-electron chi connectivity index (χ1n) is 8.83. The summed E-state index contributed by atoms with van der Waals surface area (Å²) in [5, 5.41) is 0. The monoisotopic (exact) mass is 361 g/mol. The van der Waals surface area contributed by atoms with Gasteiger partial charge in [-0.3, -0.25) is 4.79 Å². The van der Waals surface area contributed by atoms with Crippen LogP contribution in [-0.4, -0.2) is 53.8 Å². The first-order valence-corrected chi connectivity index (χ1v) is 8.83. The highest BCUT2D eigenvalue weighted by atomic mass is 19.1. The first kappa shape index (κ1) is 18.4. The highest BCUT2D eigenvalue weighted by Gasteiger charge is 2.27. The van der Waals surface area contributed by atoms with Crippen molar-refractivity contribution in [3.8, 4) is 5.75 Å². The molecule has 1 aromatic carbocycles. The van der Waals surface area contributed by atoms with Gasteiger partial charge in [0.25, 0.3) is 5.91 Å². The van der Waals surface area contributed by atoms with E-state index in [0.717, 1.165) is 31.8 Å². The minimum Gasteiger partial charge on any atom is -0.484 e. The second-order valence-corrected chi connectivity index (χ2v) is 6.39. The molecule has 7 heteroatoms. The smallest absolute Gasteiger partial charge is 0.260 e. The second kappa shape index (κ2) is 8.80. The van der Waals surface area contributed by atoms with Gasteiger partial charge in [0.15, 0.2) is 6.61 Å². The predicted octanol–water partition coefficient (Wildman–Crippen LogP) is 2.45. The number of piperidine rings is 1. The zero-order chi connectivity index (χ0) is 18.4. The molecular formula is C19H24FN3O3. The van der Waals surface area contributed by atoms with Gasteiger partial charge in [0.2, 0.25) is 0 Å². The van der Waals surface area contributed by atoms with Gasteiger partial charge in [-0.15, -0.1) is 0 Å². The van der Waals surface area contributed by atoms with Gasteiger partial charge in [0.05, 0.1) is 6.61 Å². The number of rotatable bonds is 7. The summed E-state index contributed by atoms with van der Waals surface area (Å²) in [5.74, 6) is 1.31. The zero-order valence-corrected chi connectivity index (χ0v) is 14.9. The third-order valence-electron chi connectivity index (χ3n) is 4.60. The van der Waals surface area contributed by atoms with E-state index in [0.29, 0.717) is 18.9 Å². The lowest BCUT2D eigenvalue weighted by Gasteiger charge is -2.32. The summed E-state index contributed by atoms with van der Waals surface area (Å²) in [7, 11) is 1.68. The molecule has 1 saturated heterocycles. The van der Waals surface area contributed by atoms with Gasteiger partial charge >= 0.3 is 0 Å². The Bertz CT molecular complexity index is 717. The van der Waals surface area contributed by atoms with Crippen LogP contribution in [0.15, 0.2) is 36.7 Å². The topological polar surface area (TPSA) is 56.6 Å². The van der Waals surface area contributed by atoms with Crippen LogP contribution < -0.4 is 4.74 Å². The molecule has 0 radical (unpaired) electrons. The van der Waals surface area contributed by atoms with E-state index >= 15 is 0 Å². The molecule has 1 aliphatic rings. The van der Waals surface area contributed by atoms with E-state index in [1.54, 1.807) is 13.3 Å². The minimum atomic E-state index is -0.327. The van der Waals surface area contributed by atoms with E-state index in [2.05, 4.69) is 9.55 Å². The average Bonchev–Trinajstić information content (AvgIpc) is 3.14. The highest BCUT2D eigenvalue weighted by Crippen LogP contribution is 2.26. The Morgan fingerprint density at radius 2 is 2.15 bits per heavy atom. The van der Waals surface area contributed by atoms with E-state index < -0.39 is 0 Å². The van der Waals surface area contributed by atoms with E-state index in [1.807, 2.05) is 11.1 Å². The molecule has 1 amide bonds. The largest absolute Gasteiger partial charge is 0.484 e. The molecule has 0 saturated carbocycles. The van der Waals surface area contributed by atoms with Crippen molar-refractivity contribution in [2.75, 3.05) is 33.4 Å². The number of likely N-dealkylation sites (tertiary alicyclic amines) is 1. The molecule has 1 aliphatic heterocycles. The van der Waals surface area contributed by atoms with Crippen molar-refractivity contribution in [2.24, 2.45) is 0 Å². The van der Waals surface area contributed by atoms with Crippen LogP contribution in [0.2, 0.25) is 0 Å². The van der Waals surface area contributed by atoms with Gasteiger partial charge in [-0.25, -0.2) is 9.37 Å². The predicted molar refractivity (Wildman–Crippen MR) is 94.6 cm³/mol. The lowest BCUT2D eigenvalue weighted by Crippen LogP contribution is -2.42. The third kappa shape index (κ3) is 4.60. The standard InChI is InChI=1S/C19H24FN3O3/c1-25-12-11-22-10-8-21-19(22)15-3-2-9-23(13-15)18(24)14-26-17-6-4-16(20)5-7-17/h4-8,10,15H,2-3,9,11-14H2,1H3/t15-/m0/s1. The van der Waals surface area contributed by atoms with Crippen LogP contribution in [0.5, 0.6) is 5.75 Å². The number of methoxy groups -OCH3 is 1. The second-order valence-electron chi connectivity index (χ2n) is 6.39. The molecule has 0 N–H and O–H groups in total. The molecule has 26 heavy (non-hydrogen) atoms. The number of ether oxygens (including phenoxy) is 2. The number of carbonyl (C=O) groups excluding carboxylic acids is 1. The summed E-state index contributed by atoms with van der Waals surface area (Å²) in [6.07, 6.45) is 5.69. The fourth-order valence-electron chi connectivity index (χ4n) is 3.24. The minimum absolute atomic E-state index is 0.0452. The maximum Gasteiger partial charge on any atom is 0.260 e. The number of aromatic nitrogens is 2. The van der Waals surface area contributed by atoms with Gasteiger partial charge in [-0.2, -0.15) is 0 Å². The van der Waals surface area contributed by atoms with Gasteiger partial charge in [-0.05, 0) is 37.1 Å². The Hall–Kier alpha value is -2.41. The summed E-state index contributed by atoms with van der Waals surface area (Å²) in [6, 6.07) is 5.68. The Morgan fingerprint density at radius 3 is 2.92 bits per heavy atom. The maximum atomic E-state index is 12.9. The molecule has 2 aromatic rings. The van der Waals surface area contributed by atoms with Crippen molar-refractivity contribution in [1.29, 1.82) is 0 Å².